The first-order valence-corrected chi connectivity index (χ1v) is 8.60. The Hall–Kier alpha value is -3.45. The molecule has 3 N–H and O–H groups in total. The van der Waals surface area contributed by atoms with Gasteiger partial charge >= 0.3 is 0 Å². The molecule has 0 spiro atoms. The minimum atomic E-state index is -0.688. The molecule has 7 heteroatoms. The fourth-order valence-corrected chi connectivity index (χ4v) is 2.97. The third kappa shape index (κ3) is 3.58. The quantitative estimate of drug-likeness (QED) is 0.617. The normalized spacial score (nSPS) is 16.4. The van der Waals surface area contributed by atoms with Crippen molar-refractivity contribution in [3.63, 3.8) is 0 Å². The standard InChI is InChI=1S/C20H19N5O2/c1-25-17-8-7-13(9-15(17)11-22-25)10-16-19(27)24-20(23-16)21-12-18(26)14-5-3-2-4-6-14/h2-11,18,26H,12H2,1H3,(H2,21,23,24,27)/b16-10-/t18-/m0/s1. The van der Waals surface area contributed by atoms with Crippen LogP contribution in [-0.2, 0) is 11.8 Å². The fraction of sp³-hybridized carbons (Fsp3) is 0.150. The molecule has 27 heavy (non-hydrogen) atoms. The fourth-order valence-electron chi connectivity index (χ4n) is 2.97. The van der Waals surface area contributed by atoms with Gasteiger partial charge in [0.05, 0.1) is 17.8 Å². The molecule has 136 valence electrons. The summed E-state index contributed by atoms with van der Waals surface area (Å²) >= 11 is 0. The number of fused-ring (bicyclic) bond motifs is 1. The number of nitrogens with one attached hydrogen (secondary N) is 2. The predicted molar refractivity (Wildman–Crippen MR) is 104 cm³/mol. The number of nitrogens with zero attached hydrogens (tertiary/aromatic N) is 3. The number of aliphatic imine (C=N–C) groups is 1. The zero-order valence-electron chi connectivity index (χ0n) is 14.8. The first-order chi connectivity index (χ1) is 13.1. The molecule has 3 aromatic rings. The number of aryl methyl sites for hydroxylation is 1. The van der Waals surface area contributed by atoms with Crippen LogP contribution >= 0.6 is 0 Å². The molecule has 1 amide bonds. The van der Waals surface area contributed by atoms with E-state index in [9.17, 15) is 9.90 Å². The number of carbonyl (C=O) groups excluding carboxylic acids is 1. The first kappa shape index (κ1) is 17.0. The highest BCUT2D eigenvalue weighted by Crippen LogP contribution is 2.18. The van der Waals surface area contributed by atoms with Crippen LogP contribution in [-0.4, -0.2) is 33.3 Å². The Morgan fingerprint density at radius 1 is 1.26 bits per heavy atom. The van der Waals surface area contributed by atoms with Gasteiger partial charge in [-0.3, -0.25) is 14.8 Å². The number of amides is 1. The second kappa shape index (κ2) is 7.05. The smallest absolute Gasteiger partial charge is 0.276 e. The van der Waals surface area contributed by atoms with Crippen LogP contribution in [0.5, 0.6) is 0 Å². The van der Waals surface area contributed by atoms with E-state index < -0.39 is 6.10 Å². The molecule has 0 radical (unpaired) electrons. The summed E-state index contributed by atoms with van der Waals surface area (Å²) in [5.41, 5.74) is 3.01. The highest BCUT2D eigenvalue weighted by molar-refractivity contribution is 6.13. The maximum atomic E-state index is 12.2. The van der Waals surface area contributed by atoms with Gasteiger partial charge in [-0.1, -0.05) is 36.4 Å². The number of aliphatic hydroxyl groups is 1. The van der Waals surface area contributed by atoms with Crippen LogP contribution in [0.3, 0.4) is 0 Å². The summed E-state index contributed by atoms with van der Waals surface area (Å²) in [5, 5.41) is 21.1. The molecule has 1 aliphatic rings. The Balaban J connectivity index is 1.47. The molecule has 2 aromatic carbocycles. The molecule has 0 saturated carbocycles. The van der Waals surface area contributed by atoms with Crippen LogP contribution < -0.4 is 10.6 Å². The number of aromatic nitrogens is 2. The number of hydrogen-bond donors (Lipinski definition) is 3. The van der Waals surface area contributed by atoms with Gasteiger partial charge in [-0.2, -0.15) is 5.10 Å². The topological polar surface area (TPSA) is 91.5 Å². The Labute approximate surface area is 156 Å². The Morgan fingerprint density at radius 3 is 2.89 bits per heavy atom. The number of carbonyl (C=O) groups is 1. The summed E-state index contributed by atoms with van der Waals surface area (Å²) < 4.78 is 1.80. The van der Waals surface area contributed by atoms with Crippen molar-refractivity contribution in [3.8, 4) is 0 Å². The molecule has 1 aromatic heterocycles. The summed E-state index contributed by atoms with van der Waals surface area (Å²) in [5.74, 6) is 0.0571. The predicted octanol–water partition coefficient (Wildman–Crippen LogP) is 1.72. The van der Waals surface area contributed by atoms with Crippen molar-refractivity contribution in [1.29, 1.82) is 0 Å². The zero-order chi connectivity index (χ0) is 18.8. The van der Waals surface area contributed by atoms with Crippen molar-refractivity contribution in [2.24, 2.45) is 12.0 Å². The molecule has 0 fully saturated rings. The third-order valence-electron chi connectivity index (χ3n) is 4.42. The van der Waals surface area contributed by atoms with Crippen LogP contribution in [0, 0.1) is 0 Å². The number of hydrogen-bond acceptors (Lipinski definition) is 5. The molecule has 4 rings (SSSR count). The van der Waals surface area contributed by atoms with E-state index >= 15 is 0 Å². The average Bonchev–Trinajstić information content (AvgIpc) is 3.23. The summed E-state index contributed by atoms with van der Waals surface area (Å²) in [4.78, 5) is 16.4. The van der Waals surface area contributed by atoms with Crippen LogP contribution in [0.15, 0.2) is 65.4 Å². The van der Waals surface area contributed by atoms with E-state index in [1.165, 1.54) is 0 Å². The van der Waals surface area contributed by atoms with Crippen molar-refractivity contribution in [2.45, 2.75) is 6.10 Å². The zero-order valence-corrected chi connectivity index (χ0v) is 14.8. The average molecular weight is 361 g/mol. The van der Waals surface area contributed by atoms with Gasteiger partial charge in [-0.25, -0.2) is 4.99 Å². The summed E-state index contributed by atoms with van der Waals surface area (Å²) in [6, 6.07) is 15.2. The number of benzene rings is 2. The van der Waals surface area contributed by atoms with Gasteiger partial charge in [0.1, 0.15) is 5.70 Å². The lowest BCUT2D eigenvalue weighted by Crippen LogP contribution is -2.38. The van der Waals surface area contributed by atoms with Gasteiger partial charge < -0.3 is 10.4 Å². The van der Waals surface area contributed by atoms with E-state index in [0.29, 0.717) is 11.7 Å². The van der Waals surface area contributed by atoms with Crippen LogP contribution in [0.2, 0.25) is 0 Å². The van der Waals surface area contributed by atoms with Gasteiger partial charge in [-0.05, 0) is 29.3 Å². The minimum Gasteiger partial charge on any atom is -0.387 e. The second-order valence-corrected chi connectivity index (χ2v) is 6.34. The van der Waals surface area contributed by atoms with Gasteiger partial charge in [0.2, 0.25) is 5.96 Å². The van der Waals surface area contributed by atoms with Gasteiger partial charge in [0.25, 0.3) is 5.91 Å². The lowest BCUT2D eigenvalue weighted by Gasteiger charge is -2.12. The first-order valence-electron chi connectivity index (χ1n) is 8.60. The molecule has 1 atom stereocenters. The summed E-state index contributed by atoms with van der Waals surface area (Å²) in [7, 11) is 1.89. The Morgan fingerprint density at radius 2 is 2.07 bits per heavy atom. The highest BCUT2D eigenvalue weighted by Gasteiger charge is 2.20. The maximum Gasteiger partial charge on any atom is 0.276 e. The van der Waals surface area contributed by atoms with E-state index in [-0.39, 0.29) is 12.5 Å². The number of aliphatic hydroxyl groups excluding tert-OH is 1. The van der Waals surface area contributed by atoms with Gasteiger partial charge in [0, 0.05) is 19.0 Å². The van der Waals surface area contributed by atoms with Crippen molar-refractivity contribution < 1.29 is 9.90 Å². The van der Waals surface area contributed by atoms with Crippen LogP contribution in [0.1, 0.15) is 17.2 Å². The van der Waals surface area contributed by atoms with E-state index in [0.717, 1.165) is 22.0 Å². The highest BCUT2D eigenvalue weighted by atomic mass is 16.3. The molecule has 0 unspecified atom stereocenters. The van der Waals surface area contributed by atoms with Gasteiger partial charge in [-0.15, -0.1) is 0 Å². The van der Waals surface area contributed by atoms with Crippen molar-refractivity contribution in [1.82, 2.24) is 20.4 Å². The van der Waals surface area contributed by atoms with E-state index in [4.69, 9.17) is 0 Å². The molecular formula is C20H19N5O2. The van der Waals surface area contributed by atoms with E-state index in [1.54, 1.807) is 17.0 Å². The lowest BCUT2D eigenvalue weighted by molar-refractivity contribution is -0.115. The molecular weight excluding hydrogens is 342 g/mol. The van der Waals surface area contributed by atoms with E-state index in [1.807, 2.05) is 55.6 Å². The number of guanidine groups is 1. The monoisotopic (exact) mass is 361 g/mol. The molecule has 1 aliphatic heterocycles. The molecule has 0 bridgehead atoms. The van der Waals surface area contributed by atoms with Crippen LogP contribution in [0.4, 0.5) is 0 Å². The molecule has 2 heterocycles. The number of rotatable bonds is 4. The molecule has 0 aliphatic carbocycles. The lowest BCUT2D eigenvalue weighted by atomic mass is 10.1. The second-order valence-electron chi connectivity index (χ2n) is 6.34. The van der Waals surface area contributed by atoms with Gasteiger partial charge in [0.15, 0.2) is 0 Å². The Bertz CT molecular complexity index is 1050. The molecule has 0 saturated heterocycles. The summed E-state index contributed by atoms with van der Waals surface area (Å²) in [6.45, 7) is 0.248. The van der Waals surface area contributed by atoms with Crippen molar-refractivity contribution in [2.75, 3.05) is 6.54 Å². The van der Waals surface area contributed by atoms with E-state index in [2.05, 4.69) is 20.7 Å². The Kier molecular flexibility index (Phi) is 4.43. The van der Waals surface area contributed by atoms with Crippen LogP contribution in [0.25, 0.3) is 17.0 Å². The van der Waals surface area contributed by atoms with Crippen molar-refractivity contribution >= 4 is 28.8 Å². The molecule has 7 nitrogen and oxygen atoms in total. The largest absolute Gasteiger partial charge is 0.387 e. The maximum absolute atomic E-state index is 12.2. The third-order valence-corrected chi connectivity index (χ3v) is 4.42. The van der Waals surface area contributed by atoms with Crippen molar-refractivity contribution in [3.05, 3.63) is 71.6 Å². The summed E-state index contributed by atoms with van der Waals surface area (Å²) in [6.07, 6.45) is 2.82. The minimum absolute atomic E-state index is 0.248. The SMILES string of the molecule is Cn1ncc2cc(/C=C3\N=C(NC[C@H](O)c4ccccc4)NC3=O)ccc21.